The molecule has 1 amide bonds. The van der Waals surface area contributed by atoms with Gasteiger partial charge in [0, 0.05) is 17.9 Å². The number of halogens is 1. The predicted molar refractivity (Wildman–Crippen MR) is 97.2 cm³/mol. The van der Waals surface area contributed by atoms with Crippen LogP contribution in [0.2, 0.25) is 5.02 Å². The van der Waals surface area contributed by atoms with Crippen molar-refractivity contribution in [3.63, 3.8) is 0 Å². The van der Waals surface area contributed by atoms with Gasteiger partial charge in [-0.2, -0.15) is 0 Å². The van der Waals surface area contributed by atoms with E-state index in [4.69, 9.17) is 21.1 Å². The molecule has 0 saturated carbocycles. The fourth-order valence-electron chi connectivity index (χ4n) is 2.76. The SMILES string of the molecule is COc1ccc(OC)c([C@H]2SCCN2C(=O)c2ccccc2Cl)c1. The Labute approximate surface area is 150 Å². The van der Waals surface area contributed by atoms with Gasteiger partial charge in [-0.05, 0) is 30.3 Å². The first kappa shape index (κ1) is 17.0. The lowest BCUT2D eigenvalue weighted by Crippen LogP contribution is -2.30. The summed E-state index contributed by atoms with van der Waals surface area (Å²) in [5.74, 6) is 2.28. The van der Waals surface area contributed by atoms with Gasteiger partial charge in [-0.25, -0.2) is 0 Å². The lowest BCUT2D eigenvalue weighted by atomic mass is 10.1. The number of benzene rings is 2. The molecule has 0 radical (unpaired) electrons. The van der Waals surface area contributed by atoms with Crippen LogP contribution in [0.3, 0.4) is 0 Å². The van der Waals surface area contributed by atoms with E-state index >= 15 is 0 Å². The Morgan fingerprint density at radius 3 is 2.71 bits per heavy atom. The molecule has 1 saturated heterocycles. The zero-order valence-corrected chi connectivity index (χ0v) is 15.1. The van der Waals surface area contributed by atoms with Gasteiger partial charge in [0.25, 0.3) is 5.91 Å². The molecule has 0 bridgehead atoms. The molecule has 2 aromatic rings. The summed E-state index contributed by atoms with van der Waals surface area (Å²) in [5.41, 5.74) is 1.45. The average molecular weight is 364 g/mol. The van der Waals surface area contributed by atoms with Crippen molar-refractivity contribution in [1.82, 2.24) is 4.90 Å². The van der Waals surface area contributed by atoms with Crippen LogP contribution in [0.4, 0.5) is 0 Å². The number of hydrogen-bond donors (Lipinski definition) is 0. The lowest BCUT2D eigenvalue weighted by Gasteiger charge is -2.26. The van der Waals surface area contributed by atoms with Gasteiger partial charge in [-0.3, -0.25) is 4.79 Å². The zero-order chi connectivity index (χ0) is 17.1. The van der Waals surface area contributed by atoms with E-state index in [1.54, 1.807) is 38.1 Å². The van der Waals surface area contributed by atoms with Crippen LogP contribution >= 0.6 is 23.4 Å². The molecule has 1 fully saturated rings. The van der Waals surface area contributed by atoms with Crippen molar-refractivity contribution in [2.24, 2.45) is 0 Å². The van der Waals surface area contributed by atoms with E-state index in [-0.39, 0.29) is 11.3 Å². The first-order valence-electron chi connectivity index (χ1n) is 7.54. The summed E-state index contributed by atoms with van der Waals surface area (Å²) in [6.45, 7) is 0.666. The van der Waals surface area contributed by atoms with Gasteiger partial charge < -0.3 is 14.4 Å². The van der Waals surface area contributed by atoms with Gasteiger partial charge in [0.1, 0.15) is 16.9 Å². The van der Waals surface area contributed by atoms with Crippen LogP contribution in [-0.4, -0.2) is 37.3 Å². The van der Waals surface area contributed by atoms with Gasteiger partial charge in [-0.1, -0.05) is 23.7 Å². The van der Waals surface area contributed by atoms with Crippen LogP contribution in [0.5, 0.6) is 11.5 Å². The molecule has 0 unspecified atom stereocenters. The van der Waals surface area contributed by atoms with Gasteiger partial charge in [0.15, 0.2) is 0 Å². The fraction of sp³-hybridized carbons (Fsp3) is 0.278. The molecule has 6 heteroatoms. The molecule has 0 spiro atoms. The van der Waals surface area contributed by atoms with Gasteiger partial charge in [-0.15, -0.1) is 11.8 Å². The van der Waals surface area contributed by atoms with E-state index < -0.39 is 0 Å². The second kappa shape index (κ2) is 7.36. The van der Waals surface area contributed by atoms with Crippen LogP contribution in [0.15, 0.2) is 42.5 Å². The third-order valence-electron chi connectivity index (χ3n) is 3.96. The number of thioether (sulfide) groups is 1. The molecule has 126 valence electrons. The van der Waals surface area contributed by atoms with Crippen molar-refractivity contribution >= 4 is 29.3 Å². The molecule has 24 heavy (non-hydrogen) atoms. The largest absolute Gasteiger partial charge is 0.497 e. The molecule has 0 aliphatic carbocycles. The summed E-state index contributed by atoms with van der Waals surface area (Å²) in [6, 6.07) is 12.8. The summed E-state index contributed by atoms with van der Waals surface area (Å²) in [4.78, 5) is 14.8. The standard InChI is InChI=1S/C18H18ClNO3S/c1-22-12-7-8-16(23-2)14(11-12)18-20(9-10-24-18)17(21)13-5-3-4-6-15(13)19/h3-8,11,18H,9-10H2,1-2H3/t18-/m1/s1. The highest BCUT2D eigenvalue weighted by molar-refractivity contribution is 7.99. The topological polar surface area (TPSA) is 38.8 Å². The van der Waals surface area contributed by atoms with Crippen LogP contribution in [0.1, 0.15) is 21.3 Å². The van der Waals surface area contributed by atoms with Crippen molar-refractivity contribution in [3.05, 3.63) is 58.6 Å². The molecule has 1 aliphatic rings. The Bertz CT molecular complexity index is 753. The highest BCUT2D eigenvalue weighted by Crippen LogP contribution is 2.44. The van der Waals surface area contributed by atoms with Crippen molar-refractivity contribution in [1.29, 1.82) is 0 Å². The second-order valence-corrected chi connectivity index (χ2v) is 6.90. The molecule has 1 aliphatic heterocycles. The van der Waals surface area contributed by atoms with Crippen LogP contribution in [0.25, 0.3) is 0 Å². The first-order chi connectivity index (χ1) is 11.7. The normalized spacial score (nSPS) is 17.0. The van der Waals surface area contributed by atoms with Crippen molar-refractivity contribution < 1.29 is 14.3 Å². The number of rotatable bonds is 4. The van der Waals surface area contributed by atoms with Crippen molar-refractivity contribution in [2.75, 3.05) is 26.5 Å². The van der Waals surface area contributed by atoms with Crippen LogP contribution < -0.4 is 9.47 Å². The van der Waals surface area contributed by atoms with E-state index in [0.717, 1.165) is 22.8 Å². The van der Waals surface area contributed by atoms with Gasteiger partial charge in [0.2, 0.25) is 0 Å². The molecular formula is C18H18ClNO3S. The Morgan fingerprint density at radius 1 is 1.21 bits per heavy atom. The Morgan fingerprint density at radius 2 is 2.00 bits per heavy atom. The molecule has 4 nitrogen and oxygen atoms in total. The first-order valence-corrected chi connectivity index (χ1v) is 8.97. The van der Waals surface area contributed by atoms with Crippen LogP contribution in [0, 0.1) is 0 Å². The molecule has 0 aromatic heterocycles. The predicted octanol–water partition coefficient (Wildman–Crippen LogP) is 4.25. The fourth-order valence-corrected chi connectivity index (χ4v) is 4.24. The molecule has 2 aromatic carbocycles. The number of carbonyl (C=O) groups excluding carboxylic acids is 1. The third kappa shape index (κ3) is 3.19. The zero-order valence-electron chi connectivity index (χ0n) is 13.5. The summed E-state index contributed by atoms with van der Waals surface area (Å²) in [5, 5.41) is 0.342. The maximum Gasteiger partial charge on any atom is 0.256 e. The maximum absolute atomic E-state index is 13.0. The minimum Gasteiger partial charge on any atom is -0.497 e. The number of nitrogens with zero attached hydrogens (tertiary/aromatic N) is 1. The van der Waals surface area contributed by atoms with Gasteiger partial charge >= 0.3 is 0 Å². The Balaban J connectivity index is 1.97. The minimum absolute atomic E-state index is 0.0690. The van der Waals surface area contributed by atoms with E-state index in [9.17, 15) is 4.79 Å². The number of amides is 1. The number of methoxy groups -OCH3 is 2. The van der Waals surface area contributed by atoms with Gasteiger partial charge in [0.05, 0.1) is 24.8 Å². The monoisotopic (exact) mass is 363 g/mol. The smallest absolute Gasteiger partial charge is 0.256 e. The quantitative estimate of drug-likeness (QED) is 0.814. The van der Waals surface area contributed by atoms with E-state index in [0.29, 0.717) is 17.1 Å². The summed E-state index contributed by atoms with van der Waals surface area (Å²) in [6.07, 6.45) is 0. The molecule has 3 rings (SSSR count). The van der Waals surface area contributed by atoms with E-state index in [2.05, 4.69) is 0 Å². The van der Waals surface area contributed by atoms with Crippen LogP contribution in [-0.2, 0) is 0 Å². The number of carbonyl (C=O) groups is 1. The Hall–Kier alpha value is -1.85. The summed E-state index contributed by atoms with van der Waals surface area (Å²) >= 11 is 7.91. The molecule has 1 heterocycles. The average Bonchev–Trinajstić information content (AvgIpc) is 3.10. The lowest BCUT2D eigenvalue weighted by molar-refractivity contribution is 0.0759. The summed E-state index contributed by atoms with van der Waals surface area (Å²) in [7, 11) is 3.26. The molecule has 1 atom stereocenters. The van der Waals surface area contributed by atoms with Crippen molar-refractivity contribution in [3.8, 4) is 11.5 Å². The minimum atomic E-state index is -0.126. The highest BCUT2D eigenvalue weighted by atomic mass is 35.5. The number of hydrogen-bond acceptors (Lipinski definition) is 4. The summed E-state index contributed by atoms with van der Waals surface area (Å²) < 4.78 is 10.8. The molecule has 0 N–H and O–H groups in total. The maximum atomic E-state index is 13.0. The highest BCUT2D eigenvalue weighted by Gasteiger charge is 2.34. The second-order valence-electron chi connectivity index (χ2n) is 5.31. The number of ether oxygens (including phenoxy) is 2. The van der Waals surface area contributed by atoms with E-state index in [1.165, 1.54) is 0 Å². The van der Waals surface area contributed by atoms with E-state index in [1.807, 2.05) is 35.2 Å². The van der Waals surface area contributed by atoms with Crippen molar-refractivity contribution in [2.45, 2.75) is 5.37 Å². The third-order valence-corrected chi connectivity index (χ3v) is 5.53. The molecular weight excluding hydrogens is 346 g/mol. The Kier molecular flexibility index (Phi) is 5.21.